The van der Waals surface area contributed by atoms with Crippen molar-refractivity contribution < 1.29 is 10.0 Å². The quantitative estimate of drug-likeness (QED) is 0.450. The highest BCUT2D eigenvalue weighted by Crippen LogP contribution is 2.20. The molecule has 0 fully saturated rings. The summed E-state index contributed by atoms with van der Waals surface area (Å²) in [5.41, 5.74) is -0.140. The minimum atomic E-state index is -0.525. The Balaban J connectivity index is 2.23. The lowest BCUT2D eigenvalue weighted by Crippen LogP contribution is -2.37. The highest BCUT2D eigenvalue weighted by molar-refractivity contribution is 5.74. The molecule has 0 amide bonds. The van der Waals surface area contributed by atoms with Crippen molar-refractivity contribution in [2.75, 3.05) is 18.5 Å². The highest BCUT2D eigenvalue weighted by atomic mass is 16.6. The van der Waals surface area contributed by atoms with Gasteiger partial charge in [0, 0.05) is 32.8 Å². The van der Waals surface area contributed by atoms with Crippen molar-refractivity contribution in [2.24, 2.45) is 14.1 Å². The zero-order valence-corrected chi connectivity index (χ0v) is 14.7. The second-order valence-corrected chi connectivity index (χ2v) is 5.98. The Hall–Kier alpha value is -3.47. The van der Waals surface area contributed by atoms with Crippen LogP contribution in [-0.2, 0) is 20.6 Å². The van der Waals surface area contributed by atoms with Gasteiger partial charge in [-0.1, -0.05) is 12.1 Å². The third-order valence-corrected chi connectivity index (χ3v) is 4.20. The summed E-state index contributed by atoms with van der Waals surface area (Å²) in [6, 6.07) is 6.04. The number of nitrogens with one attached hydrogen (secondary N) is 1. The number of aliphatic hydroxyl groups excluding tert-OH is 1. The Labute approximate surface area is 152 Å². The van der Waals surface area contributed by atoms with Crippen LogP contribution in [-0.4, -0.2) is 41.9 Å². The Morgan fingerprint density at radius 1 is 1.26 bits per heavy atom. The van der Waals surface area contributed by atoms with E-state index < -0.39 is 16.2 Å². The van der Waals surface area contributed by atoms with Crippen LogP contribution in [0.1, 0.15) is 5.56 Å². The predicted molar refractivity (Wildman–Crippen MR) is 98.0 cm³/mol. The number of anilines is 1. The van der Waals surface area contributed by atoms with E-state index in [9.17, 15) is 19.7 Å². The van der Waals surface area contributed by atoms with E-state index in [1.807, 2.05) is 0 Å². The number of nitro benzene ring substituents is 1. The van der Waals surface area contributed by atoms with E-state index in [2.05, 4.69) is 10.3 Å². The smallest absolute Gasteiger partial charge is 0.332 e. The lowest BCUT2D eigenvalue weighted by atomic mass is 10.2. The summed E-state index contributed by atoms with van der Waals surface area (Å²) in [5, 5.41) is 23.0. The van der Waals surface area contributed by atoms with Crippen LogP contribution in [0.25, 0.3) is 11.2 Å². The molecule has 2 heterocycles. The predicted octanol–water partition coefficient (Wildman–Crippen LogP) is -0.206. The molecule has 0 atom stereocenters. The normalized spacial score (nSPS) is 11.1. The fraction of sp³-hybridized carbons (Fsp3) is 0.312. The molecule has 0 saturated carbocycles. The van der Waals surface area contributed by atoms with E-state index in [0.717, 1.165) is 4.57 Å². The molecule has 3 rings (SSSR count). The molecule has 11 nitrogen and oxygen atoms in total. The number of fused-ring (bicyclic) bond motifs is 1. The van der Waals surface area contributed by atoms with Crippen molar-refractivity contribution >= 4 is 22.8 Å². The molecule has 142 valence electrons. The van der Waals surface area contributed by atoms with Gasteiger partial charge in [0.05, 0.1) is 18.1 Å². The average Bonchev–Trinajstić information content (AvgIpc) is 3.01. The first-order valence-corrected chi connectivity index (χ1v) is 8.09. The summed E-state index contributed by atoms with van der Waals surface area (Å²) in [7, 11) is 2.88. The van der Waals surface area contributed by atoms with Crippen molar-refractivity contribution in [3.63, 3.8) is 0 Å². The van der Waals surface area contributed by atoms with Gasteiger partial charge in [0.25, 0.3) is 11.2 Å². The number of hydrogen-bond acceptors (Lipinski definition) is 7. The Morgan fingerprint density at radius 2 is 2.00 bits per heavy atom. The zero-order valence-electron chi connectivity index (χ0n) is 14.7. The SMILES string of the molecule is Cn1c(=O)c2c(nc(NCCO)n2Cc2cccc([N+](=O)[O-])c2)n(C)c1=O. The number of rotatable bonds is 6. The van der Waals surface area contributed by atoms with Crippen molar-refractivity contribution in [1.29, 1.82) is 0 Å². The lowest BCUT2D eigenvalue weighted by molar-refractivity contribution is -0.384. The molecular formula is C16H18N6O5. The number of non-ortho nitro benzene ring substituents is 1. The summed E-state index contributed by atoms with van der Waals surface area (Å²) in [6.07, 6.45) is 0. The highest BCUT2D eigenvalue weighted by Gasteiger charge is 2.19. The van der Waals surface area contributed by atoms with Gasteiger partial charge in [0.2, 0.25) is 5.95 Å². The van der Waals surface area contributed by atoms with Gasteiger partial charge >= 0.3 is 5.69 Å². The molecule has 2 aromatic heterocycles. The van der Waals surface area contributed by atoms with E-state index in [0.29, 0.717) is 5.56 Å². The van der Waals surface area contributed by atoms with Gasteiger partial charge in [-0.2, -0.15) is 4.98 Å². The first-order chi connectivity index (χ1) is 12.8. The number of aryl methyl sites for hydroxylation is 1. The van der Waals surface area contributed by atoms with Gasteiger partial charge in [-0.05, 0) is 5.56 Å². The molecule has 1 aromatic carbocycles. The lowest BCUT2D eigenvalue weighted by Gasteiger charge is -2.10. The monoisotopic (exact) mass is 374 g/mol. The summed E-state index contributed by atoms with van der Waals surface area (Å²) in [5.74, 6) is 0.281. The number of aromatic nitrogens is 4. The first-order valence-electron chi connectivity index (χ1n) is 8.09. The van der Waals surface area contributed by atoms with Crippen LogP contribution in [0.3, 0.4) is 0 Å². The van der Waals surface area contributed by atoms with Gasteiger partial charge in [-0.15, -0.1) is 0 Å². The molecule has 2 N–H and O–H groups in total. The van der Waals surface area contributed by atoms with Gasteiger partial charge in [0.15, 0.2) is 11.2 Å². The van der Waals surface area contributed by atoms with Crippen LogP contribution >= 0.6 is 0 Å². The van der Waals surface area contributed by atoms with Gasteiger partial charge < -0.3 is 10.4 Å². The molecule has 0 spiro atoms. The van der Waals surface area contributed by atoms with Gasteiger partial charge in [0.1, 0.15) is 0 Å². The van der Waals surface area contributed by atoms with Crippen molar-refractivity contribution in [1.82, 2.24) is 18.7 Å². The van der Waals surface area contributed by atoms with Crippen molar-refractivity contribution in [3.8, 4) is 0 Å². The average molecular weight is 374 g/mol. The number of hydrogen-bond donors (Lipinski definition) is 2. The minimum absolute atomic E-state index is 0.0675. The maximum Gasteiger partial charge on any atom is 0.332 e. The molecule has 0 aliphatic rings. The maximum absolute atomic E-state index is 12.7. The van der Waals surface area contributed by atoms with Crippen molar-refractivity contribution in [2.45, 2.75) is 6.54 Å². The first kappa shape index (κ1) is 18.3. The molecule has 0 bridgehead atoms. The molecule has 27 heavy (non-hydrogen) atoms. The molecular weight excluding hydrogens is 356 g/mol. The fourth-order valence-electron chi connectivity index (χ4n) is 2.85. The van der Waals surface area contributed by atoms with E-state index in [4.69, 9.17) is 5.11 Å². The number of nitrogens with zero attached hydrogens (tertiary/aromatic N) is 5. The number of nitro groups is 1. The fourth-order valence-corrected chi connectivity index (χ4v) is 2.85. The van der Waals surface area contributed by atoms with E-state index in [-0.39, 0.29) is 42.5 Å². The summed E-state index contributed by atoms with van der Waals surface area (Å²) in [4.78, 5) is 39.7. The Bertz CT molecular complexity index is 1140. The van der Waals surface area contributed by atoms with E-state index in [1.54, 1.807) is 16.7 Å². The van der Waals surface area contributed by atoms with Crippen LogP contribution in [0.4, 0.5) is 11.6 Å². The molecule has 0 unspecified atom stereocenters. The Kier molecular flexibility index (Phi) is 4.77. The number of aliphatic hydroxyl groups is 1. The second kappa shape index (κ2) is 7.03. The minimum Gasteiger partial charge on any atom is -0.395 e. The van der Waals surface area contributed by atoms with Gasteiger partial charge in [-0.25, -0.2) is 4.79 Å². The Morgan fingerprint density at radius 3 is 2.67 bits per heavy atom. The largest absolute Gasteiger partial charge is 0.395 e. The summed E-state index contributed by atoms with van der Waals surface area (Å²) >= 11 is 0. The molecule has 3 aromatic rings. The van der Waals surface area contributed by atoms with E-state index in [1.165, 1.54) is 30.8 Å². The van der Waals surface area contributed by atoms with Crippen LogP contribution in [0.15, 0.2) is 33.9 Å². The van der Waals surface area contributed by atoms with Crippen LogP contribution in [0.2, 0.25) is 0 Å². The number of imidazole rings is 1. The maximum atomic E-state index is 12.7. The van der Waals surface area contributed by atoms with Crippen LogP contribution < -0.4 is 16.6 Å². The molecule has 0 radical (unpaired) electrons. The molecule has 0 aliphatic heterocycles. The van der Waals surface area contributed by atoms with E-state index >= 15 is 0 Å². The standard InChI is InChI=1S/C16H18N6O5/c1-19-13-12(14(24)20(2)16(19)25)21(15(18-13)17-6-7-23)9-10-4-3-5-11(8-10)22(26)27/h3-5,8,23H,6-7,9H2,1-2H3,(H,17,18). The third-order valence-electron chi connectivity index (χ3n) is 4.20. The van der Waals surface area contributed by atoms with Crippen molar-refractivity contribution in [3.05, 3.63) is 60.8 Å². The zero-order chi connectivity index (χ0) is 19.7. The topological polar surface area (TPSA) is 137 Å². The molecule has 0 aliphatic carbocycles. The number of benzene rings is 1. The summed E-state index contributed by atoms with van der Waals surface area (Å²) in [6.45, 7) is 0.156. The third kappa shape index (κ3) is 3.19. The van der Waals surface area contributed by atoms with Gasteiger partial charge in [-0.3, -0.25) is 28.6 Å². The van der Waals surface area contributed by atoms with Crippen LogP contribution in [0, 0.1) is 10.1 Å². The van der Waals surface area contributed by atoms with Crippen LogP contribution in [0.5, 0.6) is 0 Å². The molecule has 11 heteroatoms. The second-order valence-electron chi connectivity index (χ2n) is 5.98. The molecule has 0 saturated heterocycles. The summed E-state index contributed by atoms with van der Waals surface area (Å²) < 4.78 is 3.78.